The van der Waals surface area contributed by atoms with E-state index in [1.54, 1.807) is 60.7 Å². The molecular weight excluding hydrogens is 398 g/mol. The number of amides is 3. The number of rotatable bonds is 6. The number of primary amides is 1. The third-order valence-electron chi connectivity index (χ3n) is 3.60. The first-order valence-corrected chi connectivity index (χ1v) is 9.31. The fourth-order valence-electron chi connectivity index (χ4n) is 2.29. The topological polar surface area (TPSA) is 102 Å². The summed E-state index contributed by atoms with van der Waals surface area (Å²) in [7, 11) is 0. The maximum atomic E-state index is 12.6. The van der Waals surface area contributed by atoms with Crippen molar-refractivity contribution in [2.45, 2.75) is 0 Å². The van der Waals surface area contributed by atoms with E-state index in [2.05, 4.69) is 5.43 Å². The van der Waals surface area contributed by atoms with Crippen LogP contribution in [0, 0.1) is 0 Å². The fourth-order valence-corrected chi connectivity index (χ4v) is 3.47. The molecule has 0 bridgehead atoms. The Morgan fingerprint density at radius 1 is 1.14 bits per heavy atom. The number of thiocarbonyl (C=S) groups is 1. The summed E-state index contributed by atoms with van der Waals surface area (Å²) in [5.41, 5.74) is 8.72. The monoisotopic (exact) mass is 413 g/mol. The molecule has 0 saturated carbocycles. The van der Waals surface area contributed by atoms with Crippen molar-refractivity contribution in [3.63, 3.8) is 0 Å². The van der Waals surface area contributed by atoms with E-state index in [9.17, 15) is 14.4 Å². The van der Waals surface area contributed by atoms with Gasteiger partial charge in [-0.2, -0.15) is 5.01 Å². The molecule has 0 radical (unpaired) electrons. The van der Waals surface area contributed by atoms with E-state index in [-0.39, 0.29) is 10.9 Å². The van der Waals surface area contributed by atoms with E-state index in [0.29, 0.717) is 16.2 Å². The number of thioether (sulfide) groups is 1. The van der Waals surface area contributed by atoms with E-state index >= 15 is 0 Å². The number of nitrogens with zero attached hydrogens (tertiary/aromatic N) is 1. The van der Waals surface area contributed by atoms with E-state index < -0.39 is 17.7 Å². The molecule has 2 aromatic carbocycles. The van der Waals surface area contributed by atoms with Crippen molar-refractivity contribution in [3.05, 3.63) is 70.6 Å². The molecule has 0 aromatic heterocycles. The Bertz CT molecular complexity index is 959. The molecule has 0 spiro atoms. The van der Waals surface area contributed by atoms with Gasteiger partial charge in [0.05, 0.1) is 4.91 Å². The van der Waals surface area contributed by atoms with Crippen LogP contribution in [-0.2, 0) is 9.59 Å². The van der Waals surface area contributed by atoms with Crippen molar-refractivity contribution in [2.24, 2.45) is 5.73 Å². The standard InChI is InChI=1S/C19H15N3O4S2/c20-16(23)11-26-14-8-6-12(7-9-14)10-15-18(25)22(19(27)28-15)21-17(24)13-4-2-1-3-5-13/h1-10H,11H2,(H2,20,23)(H,21,24). The second-order valence-electron chi connectivity index (χ2n) is 5.65. The Morgan fingerprint density at radius 3 is 2.46 bits per heavy atom. The van der Waals surface area contributed by atoms with Crippen molar-refractivity contribution in [3.8, 4) is 5.75 Å². The largest absolute Gasteiger partial charge is 0.484 e. The second-order valence-corrected chi connectivity index (χ2v) is 7.32. The lowest BCUT2D eigenvalue weighted by Gasteiger charge is -2.15. The number of nitrogens with one attached hydrogen (secondary N) is 1. The van der Waals surface area contributed by atoms with E-state index in [1.807, 2.05) is 0 Å². The molecular formula is C19H15N3O4S2. The number of nitrogens with two attached hydrogens (primary N) is 1. The zero-order valence-electron chi connectivity index (χ0n) is 14.5. The highest BCUT2D eigenvalue weighted by Crippen LogP contribution is 2.31. The van der Waals surface area contributed by atoms with Crippen LogP contribution in [0.5, 0.6) is 5.75 Å². The molecule has 3 rings (SSSR count). The normalized spacial score (nSPS) is 15.0. The minimum absolute atomic E-state index is 0.209. The summed E-state index contributed by atoms with van der Waals surface area (Å²) >= 11 is 6.30. The first-order valence-electron chi connectivity index (χ1n) is 8.09. The van der Waals surface area contributed by atoms with Crippen LogP contribution in [0.2, 0.25) is 0 Å². The summed E-state index contributed by atoms with van der Waals surface area (Å²) in [5.74, 6) is -0.911. The van der Waals surface area contributed by atoms with Crippen molar-refractivity contribution in [1.82, 2.24) is 10.4 Å². The van der Waals surface area contributed by atoms with Gasteiger partial charge in [-0.15, -0.1) is 0 Å². The maximum absolute atomic E-state index is 12.6. The van der Waals surface area contributed by atoms with Crippen LogP contribution in [0.15, 0.2) is 59.5 Å². The molecule has 1 aliphatic rings. The number of carbonyl (C=O) groups excluding carboxylic acids is 3. The molecule has 0 aliphatic carbocycles. The Hall–Kier alpha value is -3.17. The van der Waals surface area contributed by atoms with Gasteiger partial charge >= 0.3 is 0 Å². The predicted molar refractivity (Wildman–Crippen MR) is 110 cm³/mol. The number of hydrogen-bond acceptors (Lipinski definition) is 6. The van der Waals surface area contributed by atoms with Gasteiger partial charge < -0.3 is 10.5 Å². The van der Waals surface area contributed by atoms with Gasteiger partial charge in [-0.25, -0.2) is 0 Å². The molecule has 3 amide bonds. The highest BCUT2D eigenvalue weighted by Gasteiger charge is 2.33. The Labute approximate surface area is 170 Å². The predicted octanol–water partition coefficient (Wildman–Crippen LogP) is 2.10. The molecule has 2 aromatic rings. The van der Waals surface area contributed by atoms with Crippen molar-refractivity contribution in [1.29, 1.82) is 0 Å². The summed E-state index contributed by atoms with van der Waals surface area (Å²) in [5, 5.41) is 1.06. The molecule has 1 aliphatic heterocycles. The lowest BCUT2D eigenvalue weighted by atomic mass is 10.2. The quantitative estimate of drug-likeness (QED) is 0.556. The van der Waals surface area contributed by atoms with Crippen LogP contribution in [0.3, 0.4) is 0 Å². The highest BCUT2D eigenvalue weighted by atomic mass is 32.2. The summed E-state index contributed by atoms with van der Waals surface area (Å²) in [4.78, 5) is 36.0. The molecule has 1 heterocycles. The van der Waals surface area contributed by atoms with Crippen LogP contribution in [-0.4, -0.2) is 33.7 Å². The average Bonchev–Trinajstić information content (AvgIpc) is 2.95. The molecule has 7 nitrogen and oxygen atoms in total. The lowest BCUT2D eigenvalue weighted by molar-refractivity contribution is -0.123. The van der Waals surface area contributed by atoms with Gasteiger partial charge in [-0.3, -0.25) is 19.8 Å². The third kappa shape index (κ3) is 4.76. The SMILES string of the molecule is NC(=O)COc1ccc(C=C2SC(=S)N(NC(=O)c3ccccc3)C2=O)cc1. The van der Waals surface area contributed by atoms with E-state index in [1.165, 1.54) is 0 Å². The van der Waals surface area contributed by atoms with Gasteiger partial charge in [0.2, 0.25) is 0 Å². The number of hydrogen-bond donors (Lipinski definition) is 2. The van der Waals surface area contributed by atoms with E-state index in [0.717, 1.165) is 22.3 Å². The smallest absolute Gasteiger partial charge is 0.285 e. The Balaban J connectivity index is 1.68. The molecule has 0 unspecified atom stereocenters. The van der Waals surface area contributed by atoms with Crippen LogP contribution in [0.1, 0.15) is 15.9 Å². The molecule has 0 atom stereocenters. The van der Waals surface area contributed by atoms with Crippen LogP contribution in [0.4, 0.5) is 0 Å². The van der Waals surface area contributed by atoms with Crippen LogP contribution >= 0.6 is 24.0 Å². The van der Waals surface area contributed by atoms with Gasteiger partial charge in [0.1, 0.15) is 5.75 Å². The van der Waals surface area contributed by atoms with E-state index in [4.69, 9.17) is 22.7 Å². The van der Waals surface area contributed by atoms with Crippen LogP contribution < -0.4 is 15.9 Å². The lowest BCUT2D eigenvalue weighted by Crippen LogP contribution is -2.44. The van der Waals surface area contributed by atoms with Gasteiger partial charge in [0.15, 0.2) is 10.9 Å². The fraction of sp³-hybridized carbons (Fsp3) is 0.0526. The minimum Gasteiger partial charge on any atom is -0.484 e. The zero-order valence-corrected chi connectivity index (χ0v) is 16.1. The second kappa shape index (κ2) is 8.68. The average molecular weight is 413 g/mol. The Kier molecular flexibility index (Phi) is 6.07. The third-order valence-corrected chi connectivity index (χ3v) is 4.90. The first kappa shape index (κ1) is 19.6. The Morgan fingerprint density at radius 2 is 1.82 bits per heavy atom. The van der Waals surface area contributed by atoms with Gasteiger partial charge in [0, 0.05) is 5.56 Å². The summed E-state index contributed by atoms with van der Waals surface area (Å²) in [6, 6.07) is 15.3. The number of benzene rings is 2. The van der Waals surface area contributed by atoms with Crippen molar-refractivity contribution < 1.29 is 19.1 Å². The number of hydrazine groups is 1. The molecule has 9 heteroatoms. The van der Waals surface area contributed by atoms with Gasteiger partial charge in [0.25, 0.3) is 17.7 Å². The molecule has 142 valence electrons. The highest BCUT2D eigenvalue weighted by molar-refractivity contribution is 8.26. The summed E-state index contributed by atoms with van der Waals surface area (Å²) in [6.45, 7) is -0.209. The molecule has 28 heavy (non-hydrogen) atoms. The molecule has 1 saturated heterocycles. The first-order chi connectivity index (χ1) is 13.4. The number of carbonyl (C=O) groups is 3. The van der Waals surface area contributed by atoms with Crippen LogP contribution in [0.25, 0.3) is 6.08 Å². The summed E-state index contributed by atoms with van der Waals surface area (Å²) < 4.78 is 5.43. The zero-order chi connectivity index (χ0) is 20.1. The van der Waals surface area contributed by atoms with Gasteiger partial charge in [-0.1, -0.05) is 42.1 Å². The van der Waals surface area contributed by atoms with Crippen molar-refractivity contribution >= 4 is 52.1 Å². The molecule has 1 fully saturated rings. The summed E-state index contributed by atoms with van der Waals surface area (Å²) in [6.07, 6.45) is 1.66. The van der Waals surface area contributed by atoms with Crippen molar-refractivity contribution in [2.75, 3.05) is 6.61 Å². The number of ether oxygens (including phenoxy) is 1. The molecule has 3 N–H and O–H groups in total. The minimum atomic E-state index is -0.565. The maximum Gasteiger partial charge on any atom is 0.285 e. The van der Waals surface area contributed by atoms with Gasteiger partial charge in [-0.05, 0) is 48.1 Å².